The van der Waals surface area contributed by atoms with Crippen molar-refractivity contribution in [2.75, 3.05) is 11.1 Å². The highest BCUT2D eigenvalue weighted by Crippen LogP contribution is 2.23. The van der Waals surface area contributed by atoms with Crippen molar-refractivity contribution in [1.29, 1.82) is 0 Å². The van der Waals surface area contributed by atoms with E-state index in [2.05, 4.69) is 20.5 Å². The molecule has 0 radical (unpaired) electrons. The Morgan fingerprint density at radius 3 is 2.67 bits per heavy atom. The van der Waals surface area contributed by atoms with Crippen LogP contribution in [0.15, 0.2) is 47.9 Å². The fourth-order valence-electron chi connectivity index (χ4n) is 2.28. The second-order valence-corrected chi connectivity index (χ2v) is 6.77. The number of halogens is 1. The maximum absolute atomic E-state index is 12.1. The van der Waals surface area contributed by atoms with Crippen LogP contribution in [0.3, 0.4) is 0 Å². The number of thioether (sulfide) groups is 1. The molecule has 0 aliphatic rings. The third kappa shape index (κ3) is 4.44. The first-order valence-electron chi connectivity index (χ1n) is 7.69. The summed E-state index contributed by atoms with van der Waals surface area (Å²) in [6.07, 6.45) is 3.33. The van der Waals surface area contributed by atoms with E-state index in [-0.39, 0.29) is 22.2 Å². The van der Waals surface area contributed by atoms with Crippen LogP contribution in [0.5, 0.6) is 0 Å². The van der Waals surface area contributed by atoms with Gasteiger partial charge in [0.05, 0.1) is 11.7 Å². The van der Waals surface area contributed by atoms with Crippen LogP contribution in [0, 0.1) is 0 Å². The van der Waals surface area contributed by atoms with Gasteiger partial charge < -0.3 is 19.8 Å². The quantitative estimate of drug-likeness (QED) is 0.623. The predicted octanol–water partition coefficient (Wildman–Crippen LogP) is 1.62. The normalized spacial score (nSPS) is 10.6. The van der Waals surface area contributed by atoms with E-state index >= 15 is 0 Å². The van der Waals surface area contributed by atoms with Gasteiger partial charge in [0.2, 0.25) is 5.91 Å². The van der Waals surface area contributed by atoms with Gasteiger partial charge in [0.15, 0.2) is 11.0 Å². The van der Waals surface area contributed by atoms with Crippen molar-refractivity contribution in [3.05, 3.63) is 53.3 Å². The highest BCUT2D eigenvalue weighted by Gasteiger charge is 2.13. The molecule has 1 N–H and O–H groups in total. The Balaban J connectivity index is 1.64. The number of benzene rings is 1. The summed E-state index contributed by atoms with van der Waals surface area (Å²) < 4.78 is 1.78. The van der Waals surface area contributed by atoms with E-state index in [1.165, 1.54) is 30.0 Å². The minimum atomic E-state index is -1.41. The summed E-state index contributed by atoms with van der Waals surface area (Å²) >= 11 is 6.99. The molecular formula is C17H13ClN5O3S-. The first-order valence-corrected chi connectivity index (χ1v) is 9.05. The lowest BCUT2D eigenvalue weighted by Gasteiger charge is -2.09. The molecule has 0 aliphatic carbocycles. The summed E-state index contributed by atoms with van der Waals surface area (Å²) in [5.41, 5.74) is 1.00. The van der Waals surface area contributed by atoms with Crippen LogP contribution in [-0.4, -0.2) is 37.4 Å². The summed E-state index contributed by atoms with van der Waals surface area (Å²) in [6, 6.07) is 7.80. The number of amides is 1. The molecule has 27 heavy (non-hydrogen) atoms. The van der Waals surface area contributed by atoms with Gasteiger partial charge in [0.25, 0.3) is 0 Å². The standard InChI is InChI=1S/C17H14ClN5O3S/c1-23-15(10-4-6-19-7-5-10)21-22-17(23)27-9-14(24)20-11-2-3-13(18)12(8-11)16(25)26/h2-8H,9H2,1H3,(H,20,24)(H,25,26)/p-1. The molecule has 0 unspecified atom stereocenters. The van der Waals surface area contributed by atoms with Crippen LogP contribution in [0.1, 0.15) is 10.4 Å². The molecule has 3 aromatic rings. The van der Waals surface area contributed by atoms with Crippen molar-refractivity contribution in [3.63, 3.8) is 0 Å². The maximum Gasteiger partial charge on any atom is 0.234 e. The lowest BCUT2D eigenvalue weighted by molar-refractivity contribution is -0.255. The zero-order valence-corrected chi connectivity index (χ0v) is 15.6. The number of aromatic nitrogens is 4. The van der Waals surface area contributed by atoms with Crippen LogP contribution in [0.25, 0.3) is 11.4 Å². The minimum Gasteiger partial charge on any atom is -0.545 e. The molecule has 2 aromatic heterocycles. The Morgan fingerprint density at radius 1 is 1.22 bits per heavy atom. The molecule has 1 amide bonds. The topological polar surface area (TPSA) is 113 Å². The molecule has 10 heteroatoms. The Bertz CT molecular complexity index is 993. The van der Waals surface area contributed by atoms with Gasteiger partial charge in [-0.25, -0.2) is 0 Å². The lowest BCUT2D eigenvalue weighted by atomic mass is 10.2. The van der Waals surface area contributed by atoms with Gasteiger partial charge in [-0.2, -0.15) is 0 Å². The first-order chi connectivity index (χ1) is 13.0. The number of rotatable bonds is 6. The van der Waals surface area contributed by atoms with E-state index in [4.69, 9.17) is 11.6 Å². The van der Waals surface area contributed by atoms with Crippen LogP contribution in [-0.2, 0) is 11.8 Å². The van der Waals surface area contributed by atoms with Gasteiger partial charge in [-0.1, -0.05) is 23.4 Å². The van der Waals surface area contributed by atoms with Crippen molar-refractivity contribution in [2.45, 2.75) is 5.16 Å². The molecule has 8 nitrogen and oxygen atoms in total. The van der Waals surface area contributed by atoms with Crippen LogP contribution < -0.4 is 10.4 Å². The van der Waals surface area contributed by atoms with E-state index in [1.54, 1.807) is 24.0 Å². The molecule has 0 aliphatic heterocycles. The number of pyridine rings is 1. The molecule has 0 saturated carbocycles. The van der Waals surface area contributed by atoms with Gasteiger partial charge in [0, 0.05) is 41.3 Å². The van der Waals surface area contributed by atoms with Crippen molar-refractivity contribution in [1.82, 2.24) is 19.7 Å². The Labute approximate surface area is 163 Å². The smallest absolute Gasteiger partial charge is 0.234 e. The van der Waals surface area contributed by atoms with E-state index in [0.29, 0.717) is 16.7 Å². The summed E-state index contributed by atoms with van der Waals surface area (Å²) in [7, 11) is 1.81. The molecule has 0 atom stereocenters. The molecule has 0 saturated heterocycles. The molecule has 1 aromatic carbocycles. The highest BCUT2D eigenvalue weighted by molar-refractivity contribution is 7.99. The summed E-state index contributed by atoms with van der Waals surface area (Å²) in [4.78, 5) is 27.1. The second kappa shape index (κ2) is 8.19. The van der Waals surface area contributed by atoms with Crippen LogP contribution >= 0.6 is 23.4 Å². The van der Waals surface area contributed by atoms with Gasteiger partial charge in [-0.05, 0) is 30.3 Å². The van der Waals surface area contributed by atoms with Crippen molar-refractivity contribution in [3.8, 4) is 11.4 Å². The lowest BCUT2D eigenvalue weighted by Crippen LogP contribution is -2.23. The molecule has 0 spiro atoms. The Kier molecular flexibility index (Phi) is 5.72. The molecule has 3 rings (SSSR count). The number of carbonyl (C=O) groups is 2. The number of carboxylic acid groups (broad SMARTS) is 1. The van der Waals surface area contributed by atoms with Crippen molar-refractivity contribution in [2.24, 2.45) is 7.05 Å². The van der Waals surface area contributed by atoms with Gasteiger partial charge in [0.1, 0.15) is 0 Å². The summed E-state index contributed by atoms with van der Waals surface area (Å²) in [5, 5.41) is 22.5. The van der Waals surface area contributed by atoms with Crippen LogP contribution in [0.4, 0.5) is 5.69 Å². The highest BCUT2D eigenvalue weighted by atomic mass is 35.5. The van der Waals surface area contributed by atoms with E-state index < -0.39 is 5.97 Å². The Hall–Kier alpha value is -2.91. The number of nitrogens with zero attached hydrogens (tertiary/aromatic N) is 4. The first kappa shape index (κ1) is 18.9. The third-order valence-electron chi connectivity index (χ3n) is 3.58. The van der Waals surface area contributed by atoms with Crippen molar-refractivity contribution >= 4 is 40.9 Å². The number of nitrogens with one attached hydrogen (secondary N) is 1. The zero-order valence-electron chi connectivity index (χ0n) is 14.0. The number of hydrogen-bond acceptors (Lipinski definition) is 7. The average Bonchev–Trinajstić information content (AvgIpc) is 3.02. The zero-order chi connectivity index (χ0) is 19.4. The summed E-state index contributed by atoms with van der Waals surface area (Å²) in [5.74, 6) is -0.990. The number of anilines is 1. The van der Waals surface area contributed by atoms with E-state index in [0.717, 1.165) is 5.56 Å². The number of carboxylic acids is 1. The maximum atomic E-state index is 12.1. The SMILES string of the molecule is Cn1c(SCC(=O)Nc2ccc(Cl)c(C(=O)[O-])c2)nnc1-c1ccncc1. The number of hydrogen-bond donors (Lipinski definition) is 1. The molecule has 2 heterocycles. The fourth-order valence-corrected chi connectivity index (χ4v) is 3.19. The third-order valence-corrected chi connectivity index (χ3v) is 4.93. The van der Waals surface area contributed by atoms with Crippen LogP contribution in [0.2, 0.25) is 5.02 Å². The minimum absolute atomic E-state index is 0.0464. The average molecular weight is 403 g/mol. The van der Waals surface area contributed by atoms with Gasteiger partial charge in [-0.3, -0.25) is 9.78 Å². The summed E-state index contributed by atoms with van der Waals surface area (Å²) in [6.45, 7) is 0. The Morgan fingerprint density at radius 2 is 1.96 bits per heavy atom. The molecular weight excluding hydrogens is 390 g/mol. The van der Waals surface area contributed by atoms with E-state index in [1.807, 2.05) is 12.1 Å². The fraction of sp³-hybridized carbons (Fsp3) is 0.118. The molecule has 0 bridgehead atoms. The predicted molar refractivity (Wildman–Crippen MR) is 99.4 cm³/mol. The second-order valence-electron chi connectivity index (χ2n) is 5.42. The largest absolute Gasteiger partial charge is 0.545 e. The van der Waals surface area contributed by atoms with Crippen molar-refractivity contribution < 1.29 is 14.7 Å². The van der Waals surface area contributed by atoms with E-state index in [9.17, 15) is 14.7 Å². The molecule has 138 valence electrons. The number of aromatic carboxylic acids is 1. The number of carbonyl (C=O) groups excluding carboxylic acids is 2. The van der Waals surface area contributed by atoms with Gasteiger partial charge in [-0.15, -0.1) is 10.2 Å². The molecule has 0 fully saturated rings. The monoisotopic (exact) mass is 402 g/mol. The van der Waals surface area contributed by atoms with Gasteiger partial charge >= 0.3 is 0 Å².